The molecule has 3 heterocycles. The lowest BCUT2D eigenvalue weighted by Crippen LogP contribution is -2.28. The Morgan fingerprint density at radius 1 is 1.09 bits per heavy atom. The molecule has 0 atom stereocenters. The second-order valence-corrected chi connectivity index (χ2v) is 9.67. The van der Waals surface area contributed by atoms with Gasteiger partial charge in [-0.1, -0.05) is 41.9 Å². The van der Waals surface area contributed by atoms with Crippen LogP contribution in [0.25, 0.3) is 10.2 Å². The Hall–Kier alpha value is -3.16. The minimum Gasteiger partial charge on any atom is -0.339 e. The minimum atomic E-state index is -0.264. The van der Waals surface area contributed by atoms with Gasteiger partial charge in [0.2, 0.25) is 0 Å². The van der Waals surface area contributed by atoms with Gasteiger partial charge in [0.25, 0.3) is 11.8 Å². The third-order valence-electron chi connectivity index (χ3n) is 5.86. The van der Waals surface area contributed by atoms with Crippen molar-refractivity contribution < 1.29 is 9.59 Å². The van der Waals surface area contributed by atoms with Crippen LogP contribution in [0, 0.1) is 6.92 Å². The number of fused-ring (bicyclic) bond motifs is 1. The van der Waals surface area contributed by atoms with E-state index < -0.39 is 0 Å². The molecule has 1 N–H and O–H groups in total. The lowest BCUT2D eigenvalue weighted by Gasteiger charge is -2.18. The van der Waals surface area contributed by atoms with Crippen LogP contribution in [0.15, 0.2) is 54.6 Å². The lowest BCUT2D eigenvalue weighted by atomic mass is 10.1. The van der Waals surface area contributed by atoms with Gasteiger partial charge in [0.05, 0.1) is 28.4 Å². The molecule has 168 valence electrons. The van der Waals surface area contributed by atoms with Crippen LogP contribution in [0.1, 0.15) is 44.1 Å². The van der Waals surface area contributed by atoms with Gasteiger partial charge < -0.3 is 10.2 Å². The number of anilines is 1. The van der Waals surface area contributed by atoms with E-state index in [1.54, 1.807) is 18.2 Å². The lowest BCUT2D eigenvalue weighted by molar-refractivity contribution is 0.0794. The smallest absolute Gasteiger partial charge is 0.265 e. The van der Waals surface area contributed by atoms with Crippen molar-refractivity contribution in [2.45, 2.75) is 26.3 Å². The van der Waals surface area contributed by atoms with Gasteiger partial charge in [-0.25, -0.2) is 0 Å². The summed E-state index contributed by atoms with van der Waals surface area (Å²) in [7, 11) is 0. The zero-order chi connectivity index (χ0) is 22.9. The van der Waals surface area contributed by atoms with Gasteiger partial charge in [0.15, 0.2) is 0 Å². The Kier molecular flexibility index (Phi) is 5.91. The molecule has 33 heavy (non-hydrogen) atoms. The van der Waals surface area contributed by atoms with Crippen molar-refractivity contribution in [3.05, 3.63) is 81.3 Å². The summed E-state index contributed by atoms with van der Waals surface area (Å²) >= 11 is 7.59. The maximum Gasteiger partial charge on any atom is 0.265 e. The van der Waals surface area contributed by atoms with E-state index >= 15 is 0 Å². The zero-order valence-electron chi connectivity index (χ0n) is 18.2. The number of thiophene rings is 1. The van der Waals surface area contributed by atoms with Crippen LogP contribution in [-0.2, 0) is 6.54 Å². The molecule has 0 aliphatic carbocycles. The first-order chi connectivity index (χ1) is 16.0. The molecule has 4 aromatic rings. The number of hydrogen-bond donors (Lipinski definition) is 1. The number of carbonyl (C=O) groups is 2. The maximum atomic E-state index is 13.2. The summed E-state index contributed by atoms with van der Waals surface area (Å²) in [5.74, 6) is -0.343. The highest BCUT2D eigenvalue weighted by atomic mass is 35.5. The molecule has 1 fully saturated rings. The molecule has 2 aromatic carbocycles. The summed E-state index contributed by atoms with van der Waals surface area (Å²) < 4.78 is 1.93. The number of aryl methyl sites for hydroxylation is 1. The van der Waals surface area contributed by atoms with Gasteiger partial charge in [-0.05, 0) is 49.6 Å². The quantitative estimate of drug-likeness (QED) is 0.406. The topological polar surface area (TPSA) is 67.2 Å². The normalized spacial score (nSPS) is 13.6. The van der Waals surface area contributed by atoms with Gasteiger partial charge in [-0.2, -0.15) is 5.10 Å². The number of benzene rings is 2. The average molecular weight is 479 g/mol. The molecule has 2 aromatic heterocycles. The van der Waals surface area contributed by atoms with E-state index in [1.807, 2.05) is 40.8 Å². The van der Waals surface area contributed by atoms with E-state index in [-0.39, 0.29) is 11.8 Å². The van der Waals surface area contributed by atoms with Gasteiger partial charge >= 0.3 is 0 Å². The molecule has 6 nitrogen and oxygen atoms in total. The van der Waals surface area contributed by atoms with Crippen LogP contribution in [0.4, 0.5) is 5.69 Å². The Morgan fingerprint density at radius 3 is 2.61 bits per heavy atom. The fourth-order valence-electron chi connectivity index (χ4n) is 4.17. The van der Waals surface area contributed by atoms with E-state index in [0.717, 1.165) is 47.4 Å². The van der Waals surface area contributed by atoms with E-state index in [1.165, 1.54) is 11.3 Å². The fraction of sp³-hybridized carbons (Fsp3) is 0.240. The number of nitrogens with zero attached hydrogens (tertiary/aromatic N) is 3. The standard InChI is InChI=1S/C25H23ClN4O2S/c1-16-20-14-22(33-25(20)30(28-16)15-17-7-3-2-4-8-17)23(31)27-21-13-18(26)9-10-19(21)24(32)29-11-5-6-12-29/h2-4,7-10,13-14H,5-6,11-12,15H2,1H3,(H,27,31). The third-order valence-corrected chi connectivity index (χ3v) is 7.24. The number of hydrogen-bond acceptors (Lipinski definition) is 4. The SMILES string of the molecule is Cc1nn(Cc2ccccc2)c2sc(C(=O)Nc3cc(Cl)ccc3C(=O)N3CCCC3)cc12. The Morgan fingerprint density at radius 2 is 1.85 bits per heavy atom. The number of nitrogens with one attached hydrogen (secondary N) is 1. The summed E-state index contributed by atoms with van der Waals surface area (Å²) in [5, 5.41) is 9.00. The number of carbonyl (C=O) groups excluding carboxylic acids is 2. The van der Waals surface area contributed by atoms with Gasteiger partial charge in [0.1, 0.15) is 4.83 Å². The molecule has 0 radical (unpaired) electrons. The van der Waals surface area contributed by atoms with Crippen LogP contribution in [0.2, 0.25) is 5.02 Å². The summed E-state index contributed by atoms with van der Waals surface area (Å²) in [6, 6.07) is 17.0. The third kappa shape index (κ3) is 4.38. The number of likely N-dealkylation sites (tertiary alicyclic amines) is 1. The van der Waals surface area contributed by atoms with Crippen LogP contribution >= 0.6 is 22.9 Å². The minimum absolute atomic E-state index is 0.0786. The zero-order valence-corrected chi connectivity index (χ0v) is 19.7. The molecule has 2 amide bonds. The first kappa shape index (κ1) is 21.7. The molecule has 0 spiro atoms. The van der Waals surface area contributed by atoms with Gasteiger partial charge in [-0.3, -0.25) is 14.3 Å². The second kappa shape index (κ2) is 9.00. The fourth-order valence-corrected chi connectivity index (χ4v) is 5.40. The van der Waals surface area contributed by atoms with E-state index in [9.17, 15) is 9.59 Å². The Labute approximate surface area is 200 Å². The molecule has 1 saturated heterocycles. The first-order valence-corrected chi connectivity index (χ1v) is 12.1. The molecule has 1 aliphatic rings. The largest absolute Gasteiger partial charge is 0.339 e. The van der Waals surface area contributed by atoms with E-state index in [2.05, 4.69) is 22.5 Å². The number of rotatable bonds is 5. The molecule has 1 aliphatic heterocycles. The van der Waals surface area contributed by atoms with Crippen molar-refractivity contribution in [2.75, 3.05) is 18.4 Å². The molecule has 0 bridgehead atoms. The van der Waals surface area contributed by atoms with Crippen LogP contribution in [-0.4, -0.2) is 39.6 Å². The highest BCUT2D eigenvalue weighted by Gasteiger charge is 2.24. The van der Waals surface area contributed by atoms with Gasteiger partial charge in [-0.15, -0.1) is 11.3 Å². The van der Waals surface area contributed by atoms with Gasteiger partial charge in [0, 0.05) is 23.5 Å². The molecule has 0 saturated carbocycles. The van der Waals surface area contributed by atoms with E-state index in [0.29, 0.717) is 27.7 Å². The van der Waals surface area contributed by atoms with Crippen LogP contribution in [0.5, 0.6) is 0 Å². The Balaban J connectivity index is 1.42. The van der Waals surface area contributed by atoms with Crippen LogP contribution < -0.4 is 5.32 Å². The first-order valence-electron chi connectivity index (χ1n) is 10.9. The molecular formula is C25H23ClN4O2S. The van der Waals surface area contributed by atoms with Crippen molar-refractivity contribution in [3.8, 4) is 0 Å². The van der Waals surface area contributed by atoms with E-state index in [4.69, 9.17) is 11.6 Å². The van der Waals surface area contributed by atoms with Crippen molar-refractivity contribution >= 4 is 50.7 Å². The summed E-state index contributed by atoms with van der Waals surface area (Å²) in [6.45, 7) is 4.06. The van der Waals surface area contributed by atoms with Crippen molar-refractivity contribution in [3.63, 3.8) is 0 Å². The summed E-state index contributed by atoms with van der Waals surface area (Å²) in [4.78, 5) is 29.5. The Bertz CT molecular complexity index is 1340. The van der Waals surface area contributed by atoms with Crippen molar-refractivity contribution in [1.82, 2.24) is 14.7 Å². The predicted molar refractivity (Wildman–Crippen MR) is 132 cm³/mol. The molecule has 0 unspecified atom stereocenters. The van der Waals surface area contributed by atoms with Crippen LogP contribution in [0.3, 0.4) is 0 Å². The maximum absolute atomic E-state index is 13.2. The molecule has 8 heteroatoms. The van der Waals surface area contributed by atoms with Crippen molar-refractivity contribution in [1.29, 1.82) is 0 Å². The molecule has 5 rings (SSSR count). The monoisotopic (exact) mass is 478 g/mol. The highest BCUT2D eigenvalue weighted by Crippen LogP contribution is 2.31. The average Bonchev–Trinajstić information content (AvgIpc) is 3.54. The second-order valence-electron chi connectivity index (χ2n) is 8.20. The van der Waals surface area contributed by atoms with Crippen molar-refractivity contribution in [2.24, 2.45) is 0 Å². The summed E-state index contributed by atoms with van der Waals surface area (Å²) in [6.07, 6.45) is 2.00. The number of aromatic nitrogens is 2. The molecular weight excluding hydrogens is 456 g/mol. The summed E-state index contributed by atoms with van der Waals surface area (Å²) in [5.41, 5.74) is 2.92. The number of halogens is 1. The highest BCUT2D eigenvalue weighted by molar-refractivity contribution is 7.20. The predicted octanol–water partition coefficient (Wildman–Crippen LogP) is 5.60. The number of amides is 2.